The Kier molecular flexibility index (Phi) is 8.13. The summed E-state index contributed by atoms with van der Waals surface area (Å²) in [7, 11) is -1.34. The van der Waals surface area contributed by atoms with E-state index >= 15 is 0 Å². The summed E-state index contributed by atoms with van der Waals surface area (Å²) in [6.07, 6.45) is 2.51. The van der Waals surface area contributed by atoms with E-state index in [0.29, 0.717) is 18.9 Å². The maximum Gasteiger partial charge on any atom is 0.240 e. The number of anilines is 1. The third-order valence-corrected chi connectivity index (χ3v) is 6.82. The molecule has 0 saturated carbocycles. The second kappa shape index (κ2) is 10.8. The molecule has 0 amide bonds. The molecule has 1 N–H and O–H groups in total. The van der Waals surface area contributed by atoms with Crippen molar-refractivity contribution in [1.29, 1.82) is 0 Å². The summed E-state index contributed by atoms with van der Waals surface area (Å²) in [4.78, 5) is 5.03. The molecule has 1 fully saturated rings. The van der Waals surface area contributed by atoms with E-state index < -0.39 is 10.0 Å². The van der Waals surface area contributed by atoms with Gasteiger partial charge in [0.25, 0.3) is 0 Å². The number of aryl methyl sites for hydroxylation is 1. The first-order chi connectivity index (χ1) is 14.5. The lowest BCUT2D eigenvalue weighted by molar-refractivity contribution is 0.313. The molecule has 0 aromatic heterocycles. The Balaban J connectivity index is 1.43. The smallest absolute Gasteiger partial charge is 0.240 e. The molecule has 0 aliphatic carbocycles. The monoisotopic (exact) mass is 431 g/mol. The standard InChI is InChI=1S/C23H33N3O3S/c1-3-19-29-22-10-12-23(13-11-22)30(27,28)24-14-4-5-20-6-8-21(9-7-20)26-17-15-25(2)16-18-26/h6-13,24H,3-5,14-19H2,1-2H3. The van der Waals surface area contributed by atoms with E-state index in [9.17, 15) is 8.42 Å². The molecule has 1 aliphatic rings. The first-order valence-corrected chi connectivity index (χ1v) is 12.2. The van der Waals surface area contributed by atoms with Gasteiger partial charge in [0.05, 0.1) is 11.5 Å². The van der Waals surface area contributed by atoms with Gasteiger partial charge in [0.1, 0.15) is 5.75 Å². The zero-order chi connectivity index (χ0) is 21.4. The Bertz CT molecular complexity index is 875. The van der Waals surface area contributed by atoms with Crippen LogP contribution in [0.1, 0.15) is 25.3 Å². The van der Waals surface area contributed by atoms with Gasteiger partial charge in [-0.05, 0) is 68.3 Å². The first-order valence-electron chi connectivity index (χ1n) is 10.7. The molecule has 3 rings (SSSR count). The lowest BCUT2D eigenvalue weighted by atomic mass is 10.1. The average Bonchev–Trinajstić information content (AvgIpc) is 2.77. The van der Waals surface area contributed by atoms with Gasteiger partial charge in [-0.2, -0.15) is 0 Å². The summed E-state index contributed by atoms with van der Waals surface area (Å²) in [6, 6.07) is 15.2. The number of hydrogen-bond acceptors (Lipinski definition) is 5. The summed E-state index contributed by atoms with van der Waals surface area (Å²) in [5, 5.41) is 0. The van der Waals surface area contributed by atoms with Gasteiger partial charge in [-0.1, -0.05) is 19.1 Å². The van der Waals surface area contributed by atoms with Gasteiger partial charge in [-0.25, -0.2) is 13.1 Å². The van der Waals surface area contributed by atoms with Crippen LogP contribution in [0.5, 0.6) is 5.75 Å². The number of sulfonamides is 1. The lowest BCUT2D eigenvalue weighted by Crippen LogP contribution is -2.44. The SMILES string of the molecule is CCCOc1ccc(S(=O)(=O)NCCCc2ccc(N3CCN(C)CC3)cc2)cc1. The second-order valence-corrected chi connectivity index (χ2v) is 9.54. The van der Waals surface area contributed by atoms with Crippen molar-refractivity contribution in [2.24, 2.45) is 0 Å². The maximum atomic E-state index is 12.5. The van der Waals surface area contributed by atoms with Crippen molar-refractivity contribution in [1.82, 2.24) is 9.62 Å². The fourth-order valence-electron chi connectivity index (χ4n) is 3.46. The number of piperazine rings is 1. The molecule has 0 unspecified atom stereocenters. The van der Waals surface area contributed by atoms with Crippen LogP contribution in [-0.2, 0) is 16.4 Å². The van der Waals surface area contributed by atoms with Crippen molar-refractivity contribution < 1.29 is 13.2 Å². The minimum Gasteiger partial charge on any atom is -0.494 e. The van der Waals surface area contributed by atoms with Crippen LogP contribution in [0, 0.1) is 0 Å². The van der Waals surface area contributed by atoms with E-state index in [0.717, 1.165) is 45.4 Å². The second-order valence-electron chi connectivity index (χ2n) is 7.78. The molecule has 2 aromatic rings. The van der Waals surface area contributed by atoms with Gasteiger partial charge in [0, 0.05) is 38.4 Å². The van der Waals surface area contributed by atoms with Gasteiger partial charge < -0.3 is 14.5 Å². The van der Waals surface area contributed by atoms with Gasteiger partial charge >= 0.3 is 0 Å². The van der Waals surface area contributed by atoms with Crippen molar-refractivity contribution in [3.8, 4) is 5.75 Å². The van der Waals surface area contributed by atoms with Crippen LogP contribution in [0.15, 0.2) is 53.4 Å². The highest BCUT2D eigenvalue weighted by molar-refractivity contribution is 7.89. The number of nitrogens with one attached hydrogen (secondary N) is 1. The number of nitrogens with zero attached hydrogens (tertiary/aromatic N) is 2. The van der Waals surface area contributed by atoms with Crippen LogP contribution in [-0.4, -0.2) is 59.7 Å². The Morgan fingerprint density at radius 1 is 0.967 bits per heavy atom. The molecule has 0 atom stereocenters. The molecule has 1 aliphatic heterocycles. The first kappa shape index (κ1) is 22.6. The Morgan fingerprint density at radius 3 is 2.27 bits per heavy atom. The summed E-state index contributed by atoms with van der Waals surface area (Å²) >= 11 is 0. The minimum atomic E-state index is -3.49. The van der Waals surface area contributed by atoms with Crippen LogP contribution >= 0.6 is 0 Å². The quantitative estimate of drug-likeness (QED) is 0.586. The normalized spacial score (nSPS) is 15.3. The topological polar surface area (TPSA) is 61.9 Å². The summed E-state index contributed by atoms with van der Waals surface area (Å²) in [6.45, 7) is 7.38. The molecule has 6 nitrogen and oxygen atoms in total. The number of likely N-dealkylation sites (N-methyl/N-ethyl adjacent to an activating group) is 1. The van der Waals surface area contributed by atoms with Crippen LogP contribution in [0.4, 0.5) is 5.69 Å². The van der Waals surface area contributed by atoms with Gasteiger partial charge in [-0.3, -0.25) is 0 Å². The molecule has 30 heavy (non-hydrogen) atoms. The van der Waals surface area contributed by atoms with Crippen LogP contribution in [0.2, 0.25) is 0 Å². The fourth-order valence-corrected chi connectivity index (χ4v) is 4.53. The number of benzene rings is 2. The van der Waals surface area contributed by atoms with E-state index in [2.05, 4.69) is 45.8 Å². The van der Waals surface area contributed by atoms with Crippen molar-refractivity contribution >= 4 is 15.7 Å². The van der Waals surface area contributed by atoms with E-state index in [1.54, 1.807) is 24.3 Å². The molecule has 0 spiro atoms. The molecule has 0 radical (unpaired) electrons. The average molecular weight is 432 g/mol. The van der Waals surface area contributed by atoms with E-state index in [-0.39, 0.29) is 4.90 Å². The van der Waals surface area contributed by atoms with Crippen molar-refractivity contribution in [2.75, 3.05) is 51.3 Å². The maximum absolute atomic E-state index is 12.5. The molecular formula is C23H33N3O3S. The third kappa shape index (κ3) is 6.45. The van der Waals surface area contributed by atoms with Gasteiger partial charge in [0.15, 0.2) is 0 Å². The highest BCUT2D eigenvalue weighted by Crippen LogP contribution is 2.18. The van der Waals surface area contributed by atoms with Crippen LogP contribution in [0.3, 0.4) is 0 Å². The molecule has 1 saturated heterocycles. The molecule has 1 heterocycles. The third-order valence-electron chi connectivity index (χ3n) is 5.35. The highest BCUT2D eigenvalue weighted by Gasteiger charge is 2.15. The van der Waals surface area contributed by atoms with Crippen molar-refractivity contribution in [2.45, 2.75) is 31.1 Å². The minimum absolute atomic E-state index is 0.267. The predicted molar refractivity (Wildman–Crippen MR) is 122 cm³/mol. The Hall–Kier alpha value is -2.09. The number of ether oxygens (including phenoxy) is 1. The number of rotatable bonds is 10. The van der Waals surface area contributed by atoms with Gasteiger partial charge in [-0.15, -0.1) is 0 Å². The summed E-state index contributed by atoms with van der Waals surface area (Å²) < 4.78 is 33.1. The Labute approximate surface area is 180 Å². The zero-order valence-electron chi connectivity index (χ0n) is 18.0. The zero-order valence-corrected chi connectivity index (χ0v) is 18.8. The van der Waals surface area contributed by atoms with Crippen LogP contribution in [0.25, 0.3) is 0 Å². The van der Waals surface area contributed by atoms with Crippen molar-refractivity contribution in [3.05, 3.63) is 54.1 Å². The fraction of sp³-hybridized carbons (Fsp3) is 0.478. The predicted octanol–water partition coefficient (Wildman–Crippen LogP) is 3.14. The molecule has 0 bridgehead atoms. The lowest BCUT2D eigenvalue weighted by Gasteiger charge is -2.34. The molecular weight excluding hydrogens is 398 g/mol. The van der Waals surface area contributed by atoms with Gasteiger partial charge in [0.2, 0.25) is 10.0 Å². The highest BCUT2D eigenvalue weighted by atomic mass is 32.2. The molecule has 2 aromatic carbocycles. The van der Waals surface area contributed by atoms with E-state index in [1.807, 2.05) is 6.92 Å². The summed E-state index contributed by atoms with van der Waals surface area (Å²) in [5.41, 5.74) is 2.49. The van der Waals surface area contributed by atoms with Crippen LogP contribution < -0.4 is 14.4 Å². The van der Waals surface area contributed by atoms with E-state index in [4.69, 9.17) is 4.74 Å². The largest absolute Gasteiger partial charge is 0.494 e. The van der Waals surface area contributed by atoms with Crippen molar-refractivity contribution in [3.63, 3.8) is 0 Å². The Morgan fingerprint density at radius 2 is 1.63 bits per heavy atom. The molecule has 164 valence electrons. The molecule has 7 heteroatoms. The van der Waals surface area contributed by atoms with E-state index in [1.165, 1.54) is 11.3 Å². The number of hydrogen-bond donors (Lipinski definition) is 1. The summed E-state index contributed by atoms with van der Waals surface area (Å²) in [5.74, 6) is 0.691.